The number of nitrogens with zero attached hydrogens (tertiary/aromatic N) is 3. The lowest BCUT2D eigenvalue weighted by Gasteiger charge is -2.20. The lowest BCUT2D eigenvalue weighted by atomic mass is 10.1. The summed E-state index contributed by atoms with van der Waals surface area (Å²) in [6, 6.07) is 6.93. The highest BCUT2D eigenvalue weighted by atomic mass is 35.5. The maximum absolute atomic E-state index is 12.2. The molecule has 2 rings (SSSR count). The first kappa shape index (κ1) is 16.3. The third-order valence-electron chi connectivity index (χ3n) is 3.45. The van der Waals surface area contributed by atoms with E-state index in [1.807, 2.05) is 45.2 Å². The molecule has 0 spiro atoms. The fourth-order valence-electron chi connectivity index (χ4n) is 2.29. The molecule has 1 aromatic heterocycles. The van der Waals surface area contributed by atoms with Gasteiger partial charge in [-0.15, -0.1) is 10.2 Å². The van der Waals surface area contributed by atoms with E-state index in [-0.39, 0.29) is 18.1 Å². The van der Waals surface area contributed by atoms with Crippen molar-refractivity contribution in [2.45, 2.75) is 32.4 Å². The van der Waals surface area contributed by atoms with E-state index in [9.17, 15) is 4.79 Å². The maximum atomic E-state index is 12.2. The summed E-state index contributed by atoms with van der Waals surface area (Å²) in [5, 5.41) is 14.3. The van der Waals surface area contributed by atoms with Crippen molar-refractivity contribution < 1.29 is 4.79 Å². The summed E-state index contributed by atoms with van der Waals surface area (Å²) in [6.45, 7) is 3.88. The van der Waals surface area contributed by atoms with Gasteiger partial charge in [0.2, 0.25) is 0 Å². The standard InChI is InChI=1S/C15H20ClN5O/c1-4-13(11-6-5-7-12(16)8-11)19-15(22)18-10(2)14-20-17-9-21(14)3/h5-10,13H,4H2,1-3H3,(H2,18,19,22)/t10-,13+/m1/s1. The molecule has 2 aromatic rings. The number of aromatic nitrogens is 3. The fraction of sp³-hybridized carbons (Fsp3) is 0.400. The number of carbonyl (C=O) groups excluding carboxylic acids is 1. The number of rotatable bonds is 5. The average Bonchev–Trinajstić information content (AvgIpc) is 2.91. The second-order valence-corrected chi connectivity index (χ2v) is 5.59. The van der Waals surface area contributed by atoms with Crippen molar-refractivity contribution in [2.24, 2.45) is 7.05 Å². The van der Waals surface area contributed by atoms with Gasteiger partial charge in [-0.05, 0) is 31.0 Å². The number of urea groups is 1. The predicted molar refractivity (Wildman–Crippen MR) is 85.6 cm³/mol. The van der Waals surface area contributed by atoms with Crippen LogP contribution in [0.3, 0.4) is 0 Å². The second kappa shape index (κ2) is 7.26. The Labute approximate surface area is 134 Å². The fourth-order valence-corrected chi connectivity index (χ4v) is 2.49. The molecular formula is C15H20ClN5O. The number of amides is 2. The van der Waals surface area contributed by atoms with Gasteiger partial charge in [0.25, 0.3) is 0 Å². The Morgan fingerprint density at radius 3 is 2.77 bits per heavy atom. The third-order valence-corrected chi connectivity index (χ3v) is 3.68. The normalized spacial score (nSPS) is 13.5. The molecular weight excluding hydrogens is 302 g/mol. The van der Waals surface area contributed by atoms with E-state index < -0.39 is 0 Å². The van der Waals surface area contributed by atoms with Gasteiger partial charge in [0, 0.05) is 12.1 Å². The largest absolute Gasteiger partial charge is 0.331 e. The summed E-state index contributed by atoms with van der Waals surface area (Å²) in [7, 11) is 1.84. The van der Waals surface area contributed by atoms with Crippen LogP contribution in [0.15, 0.2) is 30.6 Å². The Kier molecular flexibility index (Phi) is 5.38. The molecule has 0 unspecified atom stereocenters. The van der Waals surface area contributed by atoms with Gasteiger partial charge in [-0.3, -0.25) is 0 Å². The Morgan fingerprint density at radius 1 is 1.41 bits per heavy atom. The van der Waals surface area contributed by atoms with Crippen LogP contribution in [-0.2, 0) is 7.05 Å². The number of aryl methyl sites for hydroxylation is 1. The molecule has 0 bridgehead atoms. The highest BCUT2D eigenvalue weighted by molar-refractivity contribution is 6.30. The molecule has 1 aromatic carbocycles. The van der Waals surface area contributed by atoms with Crippen molar-refractivity contribution in [1.82, 2.24) is 25.4 Å². The molecule has 22 heavy (non-hydrogen) atoms. The summed E-state index contributed by atoms with van der Waals surface area (Å²) in [5.74, 6) is 0.700. The van der Waals surface area contributed by atoms with Crippen molar-refractivity contribution >= 4 is 17.6 Å². The lowest BCUT2D eigenvalue weighted by molar-refractivity contribution is 0.233. The average molecular weight is 322 g/mol. The molecule has 0 aliphatic rings. The van der Waals surface area contributed by atoms with Gasteiger partial charge in [-0.2, -0.15) is 0 Å². The first-order valence-electron chi connectivity index (χ1n) is 7.17. The smallest absolute Gasteiger partial charge is 0.315 e. The van der Waals surface area contributed by atoms with E-state index in [0.29, 0.717) is 10.8 Å². The summed E-state index contributed by atoms with van der Waals surface area (Å²) in [4.78, 5) is 12.2. The summed E-state index contributed by atoms with van der Waals surface area (Å²) in [6.07, 6.45) is 2.37. The first-order chi connectivity index (χ1) is 10.5. The van der Waals surface area contributed by atoms with E-state index in [1.54, 1.807) is 10.9 Å². The molecule has 0 saturated heterocycles. The van der Waals surface area contributed by atoms with E-state index >= 15 is 0 Å². The highest BCUT2D eigenvalue weighted by Crippen LogP contribution is 2.20. The molecule has 6 nitrogen and oxygen atoms in total. The van der Waals surface area contributed by atoms with Gasteiger partial charge < -0.3 is 15.2 Å². The van der Waals surface area contributed by atoms with E-state index in [4.69, 9.17) is 11.6 Å². The number of benzene rings is 1. The van der Waals surface area contributed by atoms with Crippen LogP contribution in [0.1, 0.15) is 43.7 Å². The van der Waals surface area contributed by atoms with Crippen LogP contribution < -0.4 is 10.6 Å². The predicted octanol–water partition coefficient (Wildman–Crippen LogP) is 2.98. The minimum Gasteiger partial charge on any atom is -0.331 e. The molecule has 118 valence electrons. The molecule has 2 N–H and O–H groups in total. The van der Waals surface area contributed by atoms with Crippen LogP contribution in [0, 0.1) is 0 Å². The van der Waals surface area contributed by atoms with Gasteiger partial charge in [0.05, 0.1) is 12.1 Å². The minimum atomic E-state index is -0.248. The van der Waals surface area contributed by atoms with Gasteiger partial charge in [-0.25, -0.2) is 4.79 Å². The van der Waals surface area contributed by atoms with Gasteiger partial charge in [0.15, 0.2) is 5.82 Å². The number of nitrogens with one attached hydrogen (secondary N) is 2. The zero-order valence-corrected chi connectivity index (χ0v) is 13.6. The quantitative estimate of drug-likeness (QED) is 0.889. The maximum Gasteiger partial charge on any atom is 0.315 e. The first-order valence-corrected chi connectivity index (χ1v) is 7.55. The number of carbonyl (C=O) groups is 1. The Morgan fingerprint density at radius 2 is 2.18 bits per heavy atom. The molecule has 0 fully saturated rings. The topological polar surface area (TPSA) is 71.8 Å². The van der Waals surface area contributed by atoms with Crippen molar-refractivity contribution in [3.05, 3.63) is 47.0 Å². The van der Waals surface area contributed by atoms with Crippen LogP contribution in [-0.4, -0.2) is 20.8 Å². The van der Waals surface area contributed by atoms with Crippen LogP contribution in [0.25, 0.3) is 0 Å². The van der Waals surface area contributed by atoms with Crippen molar-refractivity contribution in [3.63, 3.8) is 0 Å². The molecule has 2 amide bonds. The van der Waals surface area contributed by atoms with E-state index in [0.717, 1.165) is 12.0 Å². The molecule has 1 heterocycles. The van der Waals surface area contributed by atoms with Gasteiger partial charge >= 0.3 is 6.03 Å². The lowest BCUT2D eigenvalue weighted by Crippen LogP contribution is -2.39. The molecule has 0 aliphatic carbocycles. The van der Waals surface area contributed by atoms with Crippen LogP contribution in [0.2, 0.25) is 5.02 Å². The van der Waals surface area contributed by atoms with Gasteiger partial charge in [0.1, 0.15) is 6.33 Å². The van der Waals surface area contributed by atoms with Crippen LogP contribution in [0.5, 0.6) is 0 Å². The SMILES string of the molecule is CC[C@H](NC(=O)N[C@H](C)c1nncn1C)c1cccc(Cl)c1. The van der Waals surface area contributed by atoms with Crippen molar-refractivity contribution in [1.29, 1.82) is 0 Å². The monoisotopic (exact) mass is 321 g/mol. The summed E-state index contributed by atoms with van der Waals surface area (Å²) < 4.78 is 1.78. The van der Waals surface area contributed by atoms with Crippen molar-refractivity contribution in [2.75, 3.05) is 0 Å². The molecule has 0 radical (unpaired) electrons. The Bertz CT molecular complexity index is 642. The Hall–Kier alpha value is -2.08. The molecule has 7 heteroatoms. The van der Waals surface area contributed by atoms with Gasteiger partial charge in [-0.1, -0.05) is 30.7 Å². The number of hydrogen-bond donors (Lipinski definition) is 2. The molecule has 0 aliphatic heterocycles. The van der Waals surface area contributed by atoms with E-state index in [2.05, 4.69) is 20.8 Å². The van der Waals surface area contributed by atoms with E-state index in [1.165, 1.54) is 0 Å². The minimum absolute atomic E-state index is 0.0922. The van der Waals surface area contributed by atoms with Crippen LogP contribution in [0.4, 0.5) is 4.79 Å². The number of hydrogen-bond acceptors (Lipinski definition) is 3. The Balaban J connectivity index is 1.99. The highest BCUT2D eigenvalue weighted by Gasteiger charge is 2.17. The zero-order chi connectivity index (χ0) is 16.1. The third kappa shape index (κ3) is 3.98. The van der Waals surface area contributed by atoms with Crippen LogP contribution >= 0.6 is 11.6 Å². The zero-order valence-electron chi connectivity index (χ0n) is 12.9. The second-order valence-electron chi connectivity index (χ2n) is 5.16. The molecule has 0 saturated carbocycles. The van der Waals surface area contributed by atoms with Crippen molar-refractivity contribution in [3.8, 4) is 0 Å². The summed E-state index contributed by atoms with van der Waals surface area (Å²) >= 11 is 6.01. The number of halogens is 1. The summed E-state index contributed by atoms with van der Waals surface area (Å²) in [5.41, 5.74) is 0.983. The molecule has 2 atom stereocenters.